The fourth-order valence-electron chi connectivity index (χ4n) is 2.86. The summed E-state index contributed by atoms with van der Waals surface area (Å²) in [5.74, 6) is 0. The predicted molar refractivity (Wildman–Crippen MR) is 82.6 cm³/mol. The number of hydrogen-bond donors (Lipinski definition) is 0. The molecule has 1 saturated heterocycles. The van der Waals surface area contributed by atoms with Crippen LogP contribution in [0.4, 0.5) is 0 Å². The van der Waals surface area contributed by atoms with Gasteiger partial charge in [0.2, 0.25) is 0 Å². The Morgan fingerprint density at radius 1 is 1.60 bits per heavy atom. The maximum absolute atomic E-state index is 6.17. The second kappa shape index (κ2) is 6.88. The van der Waals surface area contributed by atoms with Crippen LogP contribution in [-0.4, -0.2) is 28.6 Å². The van der Waals surface area contributed by atoms with Gasteiger partial charge in [0.05, 0.1) is 11.6 Å². The molecule has 0 radical (unpaired) electrons. The standard InChI is InChI=1S/C16H25ClN2O/c1-4-14(17)8-5-9-15-11-16(2,19(3)20-15)13-7-6-10-18-12-13/h6-7,10,12,14-15H,4-5,8-9,11H2,1-3H3. The van der Waals surface area contributed by atoms with Crippen molar-refractivity contribution in [2.24, 2.45) is 0 Å². The number of aromatic nitrogens is 1. The van der Waals surface area contributed by atoms with Crippen molar-refractivity contribution in [3.8, 4) is 0 Å². The van der Waals surface area contributed by atoms with Crippen molar-refractivity contribution in [3.05, 3.63) is 30.1 Å². The van der Waals surface area contributed by atoms with E-state index in [1.807, 2.05) is 30.6 Å². The molecule has 0 bridgehead atoms. The molecule has 112 valence electrons. The molecule has 1 fully saturated rings. The number of hydrogen-bond acceptors (Lipinski definition) is 3. The predicted octanol–water partition coefficient (Wildman–Crippen LogP) is 4.12. The summed E-state index contributed by atoms with van der Waals surface area (Å²) >= 11 is 6.17. The second-order valence-corrected chi connectivity index (χ2v) is 6.50. The van der Waals surface area contributed by atoms with Gasteiger partial charge in [-0.3, -0.25) is 9.82 Å². The van der Waals surface area contributed by atoms with Crippen LogP contribution in [0.25, 0.3) is 0 Å². The summed E-state index contributed by atoms with van der Waals surface area (Å²) in [4.78, 5) is 10.2. The SMILES string of the molecule is CCC(Cl)CCCC1CC(C)(c2cccnc2)N(C)O1. The maximum atomic E-state index is 6.17. The highest BCUT2D eigenvalue weighted by Gasteiger charge is 2.42. The molecule has 2 heterocycles. The number of rotatable bonds is 6. The molecule has 3 atom stereocenters. The molecule has 0 spiro atoms. The Labute approximate surface area is 127 Å². The van der Waals surface area contributed by atoms with Crippen LogP contribution in [0, 0.1) is 0 Å². The molecule has 3 unspecified atom stereocenters. The zero-order chi connectivity index (χ0) is 14.6. The third kappa shape index (κ3) is 3.51. The summed E-state index contributed by atoms with van der Waals surface area (Å²) < 4.78 is 0. The van der Waals surface area contributed by atoms with E-state index in [1.165, 1.54) is 5.56 Å². The number of hydroxylamine groups is 2. The third-order valence-corrected chi connectivity index (χ3v) is 4.92. The summed E-state index contributed by atoms with van der Waals surface area (Å²) in [6.07, 6.45) is 9.36. The van der Waals surface area contributed by atoms with Crippen LogP contribution in [0.3, 0.4) is 0 Å². The molecule has 0 N–H and O–H groups in total. The van der Waals surface area contributed by atoms with E-state index >= 15 is 0 Å². The normalized spacial score (nSPS) is 28.7. The van der Waals surface area contributed by atoms with Gasteiger partial charge in [-0.05, 0) is 44.2 Å². The minimum absolute atomic E-state index is 0.0793. The fraction of sp³-hybridized carbons (Fsp3) is 0.688. The topological polar surface area (TPSA) is 25.4 Å². The van der Waals surface area contributed by atoms with Gasteiger partial charge in [-0.15, -0.1) is 11.6 Å². The quantitative estimate of drug-likeness (QED) is 0.738. The minimum Gasteiger partial charge on any atom is -0.295 e. The zero-order valence-electron chi connectivity index (χ0n) is 12.7. The Kier molecular flexibility index (Phi) is 5.42. The molecule has 1 aromatic heterocycles. The first-order valence-electron chi connectivity index (χ1n) is 7.51. The first-order chi connectivity index (χ1) is 9.56. The van der Waals surface area contributed by atoms with Gasteiger partial charge >= 0.3 is 0 Å². The van der Waals surface area contributed by atoms with Crippen molar-refractivity contribution in [3.63, 3.8) is 0 Å². The van der Waals surface area contributed by atoms with E-state index in [4.69, 9.17) is 16.4 Å². The molecule has 0 amide bonds. The molecule has 20 heavy (non-hydrogen) atoms. The van der Waals surface area contributed by atoms with E-state index in [0.29, 0.717) is 5.38 Å². The van der Waals surface area contributed by atoms with Crippen LogP contribution >= 0.6 is 11.6 Å². The summed E-state index contributed by atoms with van der Waals surface area (Å²) in [6.45, 7) is 4.36. The van der Waals surface area contributed by atoms with E-state index in [0.717, 1.165) is 32.1 Å². The van der Waals surface area contributed by atoms with E-state index in [-0.39, 0.29) is 11.6 Å². The van der Waals surface area contributed by atoms with Crippen LogP contribution in [0.15, 0.2) is 24.5 Å². The van der Waals surface area contributed by atoms with Crippen molar-refractivity contribution < 1.29 is 4.84 Å². The Hall–Kier alpha value is -0.640. The maximum Gasteiger partial charge on any atom is 0.0815 e. The Bertz CT molecular complexity index is 414. The minimum atomic E-state index is -0.0793. The lowest BCUT2D eigenvalue weighted by molar-refractivity contribution is -0.168. The van der Waals surface area contributed by atoms with Gasteiger partial charge in [0.1, 0.15) is 0 Å². The number of pyridine rings is 1. The molecule has 1 aromatic rings. The van der Waals surface area contributed by atoms with Crippen LogP contribution in [-0.2, 0) is 10.4 Å². The summed E-state index contributed by atoms with van der Waals surface area (Å²) in [5, 5.41) is 2.30. The van der Waals surface area contributed by atoms with E-state index in [2.05, 4.69) is 24.9 Å². The molecule has 0 aromatic carbocycles. The Morgan fingerprint density at radius 2 is 2.40 bits per heavy atom. The van der Waals surface area contributed by atoms with Crippen molar-refractivity contribution in [1.82, 2.24) is 10.0 Å². The first-order valence-corrected chi connectivity index (χ1v) is 7.95. The highest BCUT2D eigenvalue weighted by Crippen LogP contribution is 2.40. The molecule has 2 rings (SSSR count). The van der Waals surface area contributed by atoms with Gasteiger partial charge in [0.15, 0.2) is 0 Å². The highest BCUT2D eigenvalue weighted by atomic mass is 35.5. The van der Waals surface area contributed by atoms with Gasteiger partial charge in [-0.1, -0.05) is 13.0 Å². The average molecular weight is 297 g/mol. The van der Waals surface area contributed by atoms with Gasteiger partial charge in [0, 0.05) is 31.2 Å². The molecular weight excluding hydrogens is 272 g/mol. The lowest BCUT2D eigenvalue weighted by Gasteiger charge is -2.29. The van der Waals surface area contributed by atoms with Crippen molar-refractivity contribution in [2.45, 2.75) is 63.0 Å². The molecule has 0 aliphatic carbocycles. The fourth-order valence-corrected chi connectivity index (χ4v) is 3.01. The largest absolute Gasteiger partial charge is 0.295 e. The average Bonchev–Trinajstić information content (AvgIpc) is 2.76. The molecule has 1 aliphatic rings. The molecule has 0 saturated carbocycles. The summed E-state index contributed by atoms with van der Waals surface area (Å²) in [7, 11) is 2.02. The van der Waals surface area contributed by atoms with Crippen molar-refractivity contribution in [2.75, 3.05) is 7.05 Å². The first kappa shape index (κ1) is 15.7. The highest BCUT2D eigenvalue weighted by molar-refractivity contribution is 6.20. The Morgan fingerprint density at radius 3 is 3.05 bits per heavy atom. The van der Waals surface area contributed by atoms with Gasteiger partial charge in [-0.25, -0.2) is 0 Å². The molecular formula is C16H25ClN2O. The number of nitrogens with zero attached hydrogens (tertiary/aromatic N) is 2. The van der Waals surface area contributed by atoms with Crippen molar-refractivity contribution in [1.29, 1.82) is 0 Å². The van der Waals surface area contributed by atoms with Crippen LogP contribution in [0.5, 0.6) is 0 Å². The lowest BCUT2D eigenvalue weighted by Crippen LogP contribution is -2.34. The van der Waals surface area contributed by atoms with E-state index < -0.39 is 0 Å². The third-order valence-electron chi connectivity index (χ3n) is 4.40. The van der Waals surface area contributed by atoms with Crippen LogP contribution in [0.1, 0.15) is 51.5 Å². The number of halogens is 1. The van der Waals surface area contributed by atoms with Crippen LogP contribution < -0.4 is 0 Å². The van der Waals surface area contributed by atoms with Crippen LogP contribution in [0.2, 0.25) is 0 Å². The summed E-state index contributed by atoms with van der Waals surface area (Å²) in [6, 6.07) is 4.11. The van der Waals surface area contributed by atoms with E-state index in [9.17, 15) is 0 Å². The van der Waals surface area contributed by atoms with E-state index in [1.54, 1.807) is 0 Å². The monoisotopic (exact) mass is 296 g/mol. The van der Waals surface area contributed by atoms with Gasteiger partial charge < -0.3 is 0 Å². The Balaban J connectivity index is 1.92. The van der Waals surface area contributed by atoms with Crippen molar-refractivity contribution >= 4 is 11.6 Å². The number of alkyl halides is 1. The smallest absolute Gasteiger partial charge is 0.0815 e. The molecule has 3 nitrogen and oxygen atoms in total. The van der Waals surface area contributed by atoms with Gasteiger partial charge in [-0.2, -0.15) is 5.06 Å². The second-order valence-electron chi connectivity index (χ2n) is 5.88. The zero-order valence-corrected chi connectivity index (χ0v) is 13.4. The lowest BCUT2D eigenvalue weighted by atomic mass is 9.87. The molecule has 4 heteroatoms. The summed E-state index contributed by atoms with van der Waals surface area (Å²) in [5.41, 5.74) is 1.14. The molecule has 1 aliphatic heterocycles. The van der Waals surface area contributed by atoms with Gasteiger partial charge in [0.25, 0.3) is 0 Å².